The molecule has 6 heteroatoms. The summed E-state index contributed by atoms with van der Waals surface area (Å²) >= 11 is 0. The lowest BCUT2D eigenvalue weighted by Gasteiger charge is -2.42. The molecule has 2 aliphatic heterocycles. The maximum Gasteiger partial charge on any atom is 0.142 e. The average Bonchev–Trinajstić information content (AvgIpc) is 3.27. The Morgan fingerprint density at radius 1 is 1.03 bits per heavy atom. The number of nitrogens with zero attached hydrogens (tertiary/aromatic N) is 2. The topological polar surface area (TPSA) is 43.4 Å². The largest absolute Gasteiger partial charge is 0.489 e. The Labute approximate surface area is 197 Å². The summed E-state index contributed by atoms with van der Waals surface area (Å²) < 4.78 is 23.7. The highest BCUT2D eigenvalue weighted by Gasteiger charge is 2.39. The highest BCUT2D eigenvalue weighted by Crippen LogP contribution is 2.39. The molecular formula is C27H36N2O4. The molecule has 0 spiro atoms. The second kappa shape index (κ2) is 11.2. The first-order valence-corrected chi connectivity index (χ1v) is 11.7. The van der Waals surface area contributed by atoms with Crippen LogP contribution in [0.3, 0.4) is 0 Å². The number of likely N-dealkylation sites (tertiary alicyclic amines) is 1. The molecule has 2 aromatic carbocycles. The van der Waals surface area contributed by atoms with E-state index < -0.39 is 0 Å². The molecule has 178 valence electrons. The zero-order valence-electron chi connectivity index (χ0n) is 20.0. The molecule has 1 saturated heterocycles. The fourth-order valence-corrected chi connectivity index (χ4v) is 4.81. The Morgan fingerprint density at radius 3 is 2.36 bits per heavy atom. The molecule has 0 saturated carbocycles. The van der Waals surface area contributed by atoms with Crippen LogP contribution in [0.4, 0.5) is 5.69 Å². The number of hydrogen-bond acceptors (Lipinski definition) is 6. The number of fused-ring (bicyclic) bond motifs is 1. The minimum Gasteiger partial charge on any atom is -0.489 e. The van der Waals surface area contributed by atoms with Gasteiger partial charge in [-0.15, -0.1) is 0 Å². The van der Waals surface area contributed by atoms with Crippen LogP contribution in [-0.4, -0.2) is 76.8 Å². The van der Waals surface area contributed by atoms with Crippen molar-refractivity contribution >= 4 is 5.69 Å². The number of ether oxygens (including phenoxy) is 4. The molecule has 0 aromatic heterocycles. The average molecular weight is 453 g/mol. The van der Waals surface area contributed by atoms with Crippen LogP contribution in [0.1, 0.15) is 18.5 Å². The van der Waals surface area contributed by atoms with Gasteiger partial charge >= 0.3 is 0 Å². The summed E-state index contributed by atoms with van der Waals surface area (Å²) in [5.41, 5.74) is 3.39. The zero-order valence-corrected chi connectivity index (χ0v) is 20.0. The molecule has 2 heterocycles. The Kier molecular flexibility index (Phi) is 8.04. The number of benzene rings is 2. The number of rotatable bonds is 10. The predicted octanol–water partition coefficient (Wildman–Crippen LogP) is 3.93. The van der Waals surface area contributed by atoms with Crippen molar-refractivity contribution in [3.05, 3.63) is 72.3 Å². The van der Waals surface area contributed by atoms with Crippen LogP contribution in [0, 0.1) is 0 Å². The van der Waals surface area contributed by atoms with Crippen molar-refractivity contribution < 1.29 is 18.9 Å². The quantitative estimate of drug-likeness (QED) is 0.509. The van der Waals surface area contributed by atoms with E-state index in [9.17, 15) is 0 Å². The Morgan fingerprint density at radius 2 is 1.70 bits per heavy atom. The lowest BCUT2D eigenvalue weighted by Crippen LogP contribution is -2.49. The van der Waals surface area contributed by atoms with Crippen LogP contribution in [0.5, 0.6) is 5.75 Å². The van der Waals surface area contributed by atoms with E-state index in [1.54, 1.807) is 14.2 Å². The maximum atomic E-state index is 6.17. The smallest absolute Gasteiger partial charge is 0.142 e. The van der Waals surface area contributed by atoms with Gasteiger partial charge in [0.05, 0.1) is 43.2 Å². The number of hydrogen-bond donors (Lipinski definition) is 0. The summed E-state index contributed by atoms with van der Waals surface area (Å²) in [6.45, 7) is 10.2. The van der Waals surface area contributed by atoms with E-state index in [0.29, 0.717) is 19.8 Å². The van der Waals surface area contributed by atoms with Crippen LogP contribution < -0.4 is 9.64 Å². The normalized spacial score (nSPS) is 23.7. The molecule has 0 amide bonds. The van der Waals surface area contributed by atoms with E-state index in [1.807, 2.05) is 19.1 Å². The first-order chi connectivity index (χ1) is 16.1. The van der Waals surface area contributed by atoms with Gasteiger partial charge in [-0.25, -0.2) is 0 Å². The van der Waals surface area contributed by atoms with Gasteiger partial charge in [0.1, 0.15) is 12.4 Å². The third-order valence-corrected chi connectivity index (χ3v) is 6.56. The minimum atomic E-state index is 0.0561. The Balaban J connectivity index is 1.62. The fraction of sp³-hybridized carbons (Fsp3) is 0.481. The molecule has 0 bridgehead atoms. The SMILES string of the molecule is C=C(C)COCC(CN1c2ccccc2OCC1c1ccccc1)N1CC(OC)C(OC)C1. The molecule has 4 unspecified atom stereocenters. The van der Waals surface area contributed by atoms with E-state index in [1.165, 1.54) is 5.56 Å². The summed E-state index contributed by atoms with van der Waals surface area (Å²) in [4.78, 5) is 4.92. The van der Waals surface area contributed by atoms with Gasteiger partial charge in [0.2, 0.25) is 0 Å². The van der Waals surface area contributed by atoms with Crippen LogP contribution in [-0.2, 0) is 14.2 Å². The maximum absolute atomic E-state index is 6.17. The van der Waals surface area contributed by atoms with E-state index in [-0.39, 0.29) is 24.3 Å². The van der Waals surface area contributed by atoms with Crippen LogP contribution in [0.25, 0.3) is 0 Å². The third kappa shape index (κ3) is 5.58. The van der Waals surface area contributed by atoms with Gasteiger partial charge in [0, 0.05) is 33.9 Å². The second-order valence-corrected chi connectivity index (χ2v) is 8.99. The van der Waals surface area contributed by atoms with Gasteiger partial charge in [-0.05, 0) is 24.6 Å². The van der Waals surface area contributed by atoms with Gasteiger partial charge in [0.15, 0.2) is 0 Å². The minimum absolute atomic E-state index is 0.0561. The van der Waals surface area contributed by atoms with Gasteiger partial charge in [-0.2, -0.15) is 0 Å². The highest BCUT2D eigenvalue weighted by molar-refractivity contribution is 5.61. The number of methoxy groups -OCH3 is 2. The van der Waals surface area contributed by atoms with Crippen LogP contribution in [0.15, 0.2) is 66.7 Å². The first kappa shape index (κ1) is 23.8. The molecule has 33 heavy (non-hydrogen) atoms. The van der Waals surface area contributed by atoms with E-state index in [0.717, 1.165) is 36.6 Å². The zero-order chi connectivity index (χ0) is 23.2. The van der Waals surface area contributed by atoms with Crippen molar-refractivity contribution in [2.75, 3.05) is 58.6 Å². The second-order valence-electron chi connectivity index (χ2n) is 8.99. The van der Waals surface area contributed by atoms with Crippen molar-refractivity contribution in [1.82, 2.24) is 4.90 Å². The molecule has 4 rings (SSSR count). The molecule has 0 N–H and O–H groups in total. The molecular weight excluding hydrogens is 416 g/mol. The lowest BCUT2D eigenvalue weighted by atomic mass is 10.0. The molecule has 6 nitrogen and oxygen atoms in total. The van der Waals surface area contributed by atoms with Gasteiger partial charge < -0.3 is 23.8 Å². The molecule has 1 fully saturated rings. The van der Waals surface area contributed by atoms with Gasteiger partial charge in [-0.1, -0.05) is 54.6 Å². The summed E-state index contributed by atoms with van der Waals surface area (Å²) in [5.74, 6) is 0.928. The van der Waals surface area contributed by atoms with Gasteiger partial charge in [-0.3, -0.25) is 4.90 Å². The molecule has 0 radical (unpaired) electrons. The van der Waals surface area contributed by atoms with Crippen LogP contribution >= 0.6 is 0 Å². The van der Waals surface area contributed by atoms with E-state index in [4.69, 9.17) is 18.9 Å². The Hall–Kier alpha value is -2.38. The summed E-state index contributed by atoms with van der Waals surface area (Å²) in [7, 11) is 3.52. The monoisotopic (exact) mass is 452 g/mol. The van der Waals surface area contributed by atoms with Crippen molar-refractivity contribution in [2.45, 2.75) is 31.2 Å². The van der Waals surface area contributed by atoms with Crippen LogP contribution in [0.2, 0.25) is 0 Å². The van der Waals surface area contributed by atoms with Crippen molar-refractivity contribution in [3.8, 4) is 5.75 Å². The predicted molar refractivity (Wildman–Crippen MR) is 131 cm³/mol. The molecule has 2 aromatic rings. The summed E-state index contributed by atoms with van der Waals surface area (Å²) in [6.07, 6.45) is 0.112. The molecule has 0 aliphatic carbocycles. The van der Waals surface area contributed by atoms with Crippen molar-refractivity contribution in [2.24, 2.45) is 0 Å². The van der Waals surface area contributed by atoms with Gasteiger partial charge in [0.25, 0.3) is 0 Å². The standard InChI is InChI=1S/C27H36N2O4/c1-20(2)17-32-18-22(28-15-26(30-3)27(16-28)31-4)14-29-23-12-8-9-13-25(23)33-19-24(29)21-10-6-5-7-11-21/h5-13,22,24,26-27H,1,14-19H2,2-4H3. The number of anilines is 1. The lowest BCUT2D eigenvalue weighted by molar-refractivity contribution is -0.00461. The summed E-state index contributed by atoms with van der Waals surface area (Å²) in [5, 5.41) is 0. The van der Waals surface area contributed by atoms with E-state index >= 15 is 0 Å². The van der Waals surface area contributed by atoms with Crippen molar-refractivity contribution in [1.29, 1.82) is 0 Å². The highest BCUT2D eigenvalue weighted by atomic mass is 16.5. The fourth-order valence-electron chi connectivity index (χ4n) is 4.81. The van der Waals surface area contributed by atoms with E-state index in [2.05, 4.69) is 58.8 Å². The molecule has 4 atom stereocenters. The summed E-state index contributed by atoms with van der Waals surface area (Å²) in [6, 6.07) is 19.2. The number of para-hydroxylation sites is 2. The van der Waals surface area contributed by atoms with Crippen molar-refractivity contribution in [3.63, 3.8) is 0 Å². The third-order valence-electron chi connectivity index (χ3n) is 6.56. The molecule has 2 aliphatic rings. The first-order valence-electron chi connectivity index (χ1n) is 11.7. The Bertz CT molecular complexity index is 894.